The van der Waals surface area contributed by atoms with Gasteiger partial charge in [0.25, 0.3) is 0 Å². The van der Waals surface area contributed by atoms with Gasteiger partial charge in [-0.05, 0) is 44.1 Å². The molecule has 0 spiro atoms. The Morgan fingerprint density at radius 3 is 2.03 bits per heavy atom. The fourth-order valence-electron chi connectivity index (χ4n) is 3.56. The maximum Gasteiger partial charge on any atom is 0.157 e. The molecule has 2 aliphatic heterocycles. The minimum Gasteiger partial charge on any atom is -0.376 e. The Morgan fingerprint density at radius 2 is 1.39 bits per heavy atom. The first-order valence-corrected chi connectivity index (χ1v) is 11.7. The van der Waals surface area contributed by atoms with Gasteiger partial charge in [-0.25, -0.2) is 0 Å². The van der Waals surface area contributed by atoms with Crippen molar-refractivity contribution in [2.45, 2.75) is 63.8 Å². The van der Waals surface area contributed by atoms with Gasteiger partial charge in [0.15, 0.2) is 12.6 Å². The van der Waals surface area contributed by atoms with E-state index in [1.54, 1.807) is 0 Å². The third-order valence-corrected chi connectivity index (χ3v) is 5.27. The highest BCUT2D eigenvalue weighted by molar-refractivity contribution is 5.13. The number of benzene rings is 1. The van der Waals surface area contributed by atoms with Crippen LogP contribution in [-0.2, 0) is 39.8 Å². The van der Waals surface area contributed by atoms with Crippen LogP contribution in [0, 0.1) is 0 Å². The van der Waals surface area contributed by atoms with Crippen LogP contribution in [0.5, 0.6) is 0 Å². The zero-order valence-electron chi connectivity index (χ0n) is 18.6. The molecule has 31 heavy (non-hydrogen) atoms. The first-order chi connectivity index (χ1) is 15.4. The topological polar surface area (TPSA) is 64.6 Å². The van der Waals surface area contributed by atoms with E-state index in [1.807, 2.05) is 18.2 Å². The number of rotatable bonds is 15. The fraction of sp³-hybridized carbons (Fsp3) is 0.750. The summed E-state index contributed by atoms with van der Waals surface area (Å²) in [6.07, 6.45) is 6.13. The van der Waals surface area contributed by atoms with E-state index in [1.165, 1.54) is 0 Å². The van der Waals surface area contributed by atoms with E-state index in [0.29, 0.717) is 46.2 Å². The van der Waals surface area contributed by atoms with Gasteiger partial charge in [-0.15, -0.1) is 0 Å². The molecule has 2 unspecified atom stereocenters. The molecule has 0 bridgehead atoms. The molecular formula is C24H38O7. The van der Waals surface area contributed by atoms with Gasteiger partial charge in [-0.3, -0.25) is 0 Å². The summed E-state index contributed by atoms with van der Waals surface area (Å²) in [5, 5.41) is 0. The second kappa shape index (κ2) is 15.7. The molecule has 2 saturated heterocycles. The molecular weight excluding hydrogens is 400 g/mol. The predicted octanol–water partition coefficient (Wildman–Crippen LogP) is 3.69. The summed E-state index contributed by atoms with van der Waals surface area (Å²) in [5.74, 6) is 0. The van der Waals surface area contributed by atoms with Crippen LogP contribution in [0.2, 0.25) is 0 Å². The van der Waals surface area contributed by atoms with E-state index >= 15 is 0 Å². The molecule has 176 valence electrons. The molecule has 7 heteroatoms. The summed E-state index contributed by atoms with van der Waals surface area (Å²) in [7, 11) is 0. The van der Waals surface area contributed by atoms with Crippen LogP contribution in [0.15, 0.2) is 30.3 Å². The Kier molecular flexibility index (Phi) is 12.4. The molecule has 3 atom stereocenters. The zero-order chi connectivity index (χ0) is 21.4. The summed E-state index contributed by atoms with van der Waals surface area (Å²) in [6, 6.07) is 10.1. The van der Waals surface area contributed by atoms with Gasteiger partial charge in [0.1, 0.15) is 6.10 Å². The molecule has 2 aliphatic rings. The monoisotopic (exact) mass is 438 g/mol. The third kappa shape index (κ3) is 10.9. The molecule has 7 nitrogen and oxygen atoms in total. The molecule has 3 rings (SSSR count). The van der Waals surface area contributed by atoms with Crippen molar-refractivity contribution in [3.8, 4) is 0 Å². The van der Waals surface area contributed by atoms with Gasteiger partial charge in [0.05, 0.1) is 46.2 Å². The van der Waals surface area contributed by atoms with Crippen molar-refractivity contribution in [2.24, 2.45) is 0 Å². The SMILES string of the molecule is c1ccc(COC[C@H](COCCOC2CCCCO2)OCCOC2CCCCO2)cc1. The van der Waals surface area contributed by atoms with E-state index < -0.39 is 0 Å². The van der Waals surface area contributed by atoms with Gasteiger partial charge in [-0.1, -0.05) is 30.3 Å². The van der Waals surface area contributed by atoms with Gasteiger partial charge in [-0.2, -0.15) is 0 Å². The van der Waals surface area contributed by atoms with Crippen LogP contribution >= 0.6 is 0 Å². The van der Waals surface area contributed by atoms with Crippen LogP contribution in [0.3, 0.4) is 0 Å². The maximum absolute atomic E-state index is 5.97. The molecule has 1 aromatic rings. The molecule has 1 aromatic carbocycles. The highest BCUT2D eigenvalue weighted by Gasteiger charge is 2.16. The lowest BCUT2D eigenvalue weighted by atomic mass is 10.2. The zero-order valence-corrected chi connectivity index (χ0v) is 18.6. The number of hydrogen-bond acceptors (Lipinski definition) is 7. The summed E-state index contributed by atoms with van der Waals surface area (Å²) in [6.45, 7) is 5.03. The predicted molar refractivity (Wildman–Crippen MR) is 116 cm³/mol. The minimum absolute atomic E-state index is 0.0854. The van der Waals surface area contributed by atoms with Crippen LogP contribution in [0.25, 0.3) is 0 Å². The molecule has 0 radical (unpaired) electrons. The second-order valence-corrected chi connectivity index (χ2v) is 7.90. The summed E-state index contributed by atoms with van der Waals surface area (Å²) in [4.78, 5) is 0. The van der Waals surface area contributed by atoms with Crippen molar-refractivity contribution in [3.63, 3.8) is 0 Å². The summed E-state index contributed by atoms with van der Waals surface area (Å²) < 4.78 is 40.2. The first kappa shape index (κ1) is 24.6. The van der Waals surface area contributed by atoms with Crippen molar-refractivity contribution in [1.29, 1.82) is 0 Å². The van der Waals surface area contributed by atoms with Crippen molar-refractivity contribution in [2.75, 3.05) is 52.9 Å². The van der Waals surface area contributed by atoms with E-state index in [0.717, 1.165) is 57.3 Å². The Morgan fingerprint density at radius 1 is 0.742 bits per heavy atom. The van der Waals surface area contributed by atoms with Gasteiger partial charge in [0, 0.05) is 13.2 Å². The maximum atomic E-state index is 5.97. The van der Waals surface area contributed by atoms with Crippen molar-refractivity contribution >= 4 is 0 Å². The Labute approximate surface area is 186 Å². The van der Waals surface area contributed by atoms with E-state index in [-0.39, 0.29) is 18.7 Å². The summed E-state index contributed by atoms with van der Waals surface area (Å²) >= 11 is 0. The first-order valence-electron chi connectivity index (χ1n) is 11.7. The van der Waals surface area contributed by atoms with Crippen molar-refractivity contribution in [1.82, 2.24) is 0 Å². The highest BCUT2D eigenvalue weighted by atomic mass is 16.7. The smallest absolute Gasteiger partial charge is 0.157 e. The molecule has 0 saturated carbocycles. The molecule has 2 fully saturated rings. The van der Waals surface area contributed by atoms with Gasteiger partial charge < -0.3 is 33.2 Å². The van der Waals surface area contributed by atoms with E-state index in [2.05, 4.69) is 12.1 Å². The summed E-state index contributed by atoms with van der Waals surface area (Å²) in [5.41, 5.74) is 1.14. The van der Waals surface area contributed by atoms with Crippen LogP contribution in [0.4, 0.5) is 0 Å². The molecule has 0 N–H and O–H groups in total. The van der Waals surface area contributed by atoms with Crippen molar-refractivity contribution < 1.29 is 33.2 Å². The lowest BCUT2D eigenvalue weighted by molar-refractivity contribution is -0.178. The highest BCUT2D eigenvalue weighted by Crippen LogP contribution is 2.14. The largest absolute Gasteiger partial charge is 0.376 e. The Balaban J connectivity index is 1.30. The Hall–Kier alpha value is -1.06. The lowest BCUT2D eigenvalue weighted by Gasteiger charge is -2.24. The Bertz CT molecular complexity index is 544. The van der Waals surface area contributed by atoms with Gasteiger partial charge in [0.2, 0.25) is 0 Å². The molecule has 0 amide bonds. The minimum atomic E-state index is -0.162. The quantitative estimate of drug-likeness (QED) is 0.387. The van der Waals surface area contributed by atoms with E-state index in [9.17, 15) is 0 Å². The average molecular weight is 439 g/mol. The molecule has 2 heterocycles. The average Bonchev–Trinajstić information content (AvgIpc) is 2.83. The third-order valence-electron chi connectivity index (χ3n) is 5.27. The second-order valence-electron chi connectivity index (χ2n) is 7.90. The van der Waals surface area contributed by atoms with Crippen LogP contribution in [0.1, 0.15) is 44.1 Å². The fourth-order valence-corrected chi connectivity index (χ4v) is 3.56. The molecule has 0 aliphatic carbocycles. The van der Waals surface area contributed by atoms with Crippen LogP contribution in [-0.4, -0.2) is 71.5 Å². The van der Waals surface area contributed by atoms with Crippen LogP contribution < -0.4 is 0 Å². The normalized spacial score (nSPS) is 23.0. The number of ether oxygens (including phenoxy) is 7. The standard InChI is InChI=1S/C24H38O7/c1-2-8-21(9-3-1)18-26-20-22(27-16-17-31-24-11-5-7-13-29-24)19-25-14-15-30-23-10-4-6-12-28-23/h1-3,8-9,22-24H,4-7,10-20H2/t22-,23?,24?/m0/s1. The van der Waals surface area contributed by atoms with E-state index in [4.69, 9.17) is 33.2 Å². The molecule has 0 aromatic heterocycles. The van der Waals surface area contributed by atoms with Gasteiger partial charge >= 0.3 is 0 Å². The lowest BCUT2D eigenvalue weighted by Crippen LogP contribution is -2.30. The number of hydrogen-bond donors (Lipinski definition) is 0. The van der Waals surface area contributed by atoms with Crippen molar-refractivity contribution in [3.05, 3.63) is 35.9 Å².